The first-order valence-corrected chi connectivity index (χ1v) is 33.4. The third-order valence-corrected chi connectivity index (χ3v) is 14.3. The molecule has 2 unspecified atom stereocenters. The summed E-state index contributed by atoms with van der Waals surface area (Å²) in [5.74, 6) is -2.11. The minimum Gasteiger partial charge on any atom is -0.477 e. The first-order valence-electron chi connectivity index (χ1n) is 33.4. The van der Waals surface area contributed by atoms with E-state index in [2.05, 4.69) is 98.9 Å². The normalized spacial score (nSPS) is 13.3. The summed E-state index contributed by atoms with van der Waals surface area (Å²) in [7, 11) is 5.95. The average Bonchev–Trinajstić information content (AvgIpc) is 3.44. The van der Waals surface area contributed by atoms with Gasteiger partial charge >= 0.3 is 17.9 Å². The van der Waals surface area contributed by atoms with Crippen LogP contribution in [0.4, 0.5) is 0 Å². The van der Waals surface area contributed by atoms with Crippen molar-refractivity contribution in [2.24, 2.45) is 0 Å². The summed E-state index contributed by atoms with van der Waals surface area (Å²) in [6, 6.07) is 0. The van der Waals surface area contributed by atoms with Crippen LogP contribution >= 0.6 is 0 Å². The van der Waals surface area contributed by atoms with E-state index in [1.54, 1.807) is 0 Å². The number of carbonyl (C=O) groups excluding carboxylic acids is 2. The van der Waals surface area contributed by atoms with Crippen LogP contribution in [0.15, 0.2) is 97.2 Å². The summed E-state index contributed by atoms with van der Waals surface area (Å²) in [6.45, 7) is 4.68. The largest absolute Gasteiger partial charge is 0.477 e. The van der Waals surface area contributed by atoms with Crippen LogP contribution in [0.1, 0.15) is 284 Å². The number of carbonyl (C=O) groups is 3. The van der Waals surface area contributed by atoms with Crippen molar-refractivity contribution in [3.05, 3.63) is 97.2 Å². The number of allylic oxidation sites excluding steroid dienone is 16. The van der Waals surface area contributed by atoms with Crippen molar-refractivity contribution in [1.82, 2.24) is 0 Å². The van der Waals surface area contributed by atoms with Crippen LogP contribution in [0.2, 0.25) is 0 Å². The minimum absolute atomic E-state index is 0.132. The van der Waals surface area contributed by atoms with Gasteiger partial charge in [0.2, 0.25) is 0 Å². The molecule has 0 amide bonds. The molecule has 0 aromatic heterocycles. The first kappa shape index (κ1) is 77.2. The highest BCUT2D eigenvalue weighted by molar-refractivity contribution is 5.71. The Kier molecular flexibility index (Phi) is 59.3. The molecule has 0 heterocycles. The SMILES string of the molecule is CC/C=C\C/C=C\C/C=C\C/C=C\C/C=C\C/C=C\CCC(=O)OC(COC(=O)CCCCCCCCCCCCCCCCCCCCCCCCCCC/C=C\C/C=C\CCCCCCC)COC(OCC[N+](C)(C)C)C(=O)O. The van der Waals surface area contributed by atoms with Crippen molar-refractivity contribution in [2.75, 3.05) is 47.5 Å². The molecule has 0 aliphatic heterocycles. The number of rotatable bonds is 61. The van der Waals surface area contributed by atoms with Gasteiger partial charge in [-0.15, -0.1) is 0 Å². The molecule has 0 radical (unpaired) electrons. The minimum atomic E-state index is -1.53. The molecular formula is C72H126NO8+. The zero-order valence-corrected chi connectivity index (χ0v) is 53.2. The number of quaternary nitrogens is 1. The van der Waals surface area contributed by atoms with E-state index < -0.39 is 24.3 Å². The highest BCUT2D eigenvalue weighted by Gasteiger charge is 2.25. The number of hydrogen-bond donors (Lipinski definition) is 1. The molecule has 2 atom stereocenters. The molecule has 0 aliphatic rings. The molecule has 0 saturated heterocycles. The quantitative estimate of drug-likeness (QED) is 0.0211. The van der Waals surface area contributed by atoms with E-state index in [-0.39, 0.29) is 38.6 Å². The van der Waals surface area contributed by atoms with Crippen LogP contribution < -0.4 is 0 Å². The lowest BCUT2D eigenvalue weighted by Gasteiger charge is -2.25. The molecule has 0 aromatic rings. The average molecular weight is 1130 g/mol. The molecule has 0 fully saturated rings. The van der Waals surface area contributed by atoms with Crippen LogP contribution in [-0.4, -0.2) is 87.4 Å². The maximum atomic E-state index is 12.8. The van der Waals surface area contributed by atoms with Crippen molar-refractivity contribution in [2.45, 2.75) is 296 Å². The number of esters is 2. The van der Waals surface area contributed by atoms with E-state index in [0.29, 0.717) is 17.4 Å². The van der Waals surface area contributed by atoms with Gasteiger partial charge in [-0.05, 0) is 83.5 Å². The Morgan fingerprint density at radius 2 is 0.728 bits per heavy atom. The van der Waals surface area contributed by atoms with Gasteiger partial charge in [0.25, 0.3) is 6.29 Å². The van der Waals surface area contributed by atoms with Gasteiger partial charge in [-0.2, -0.15) is 0 Å². The molecule has 9 heteroatoms. The molecule has 466 valence electrons. The Hall–Kier alpha value is -3.79. The van der Waals surface area contributed by atoms with Crippen molar-refractivity contribution in [1.29, 1.82) is 0 Å². The van der Waals surface area contributed by atoms with Gasteiger partial charge in [-0.3, -0.25) is 9.59 Å². The third kappa shape index (κ3) is 63.6. The predicted molar refractivity (Wildman–Crippen MR) is 345 cm³/mol. The molecule has 0 aromatic carbocycles. The van der Waals surface area contributed by atoms with Crippen molar-refractivity contribution in [3.63, 3.8) is 0 Å². The summed E-state index contributed by atoms with van der Waals surface area (Å²) >= 11 is 0. The Morgan fingerprint density at radius 3 is 1.10 bits per heavy atom. The maximum absolute atomic E-state index is 12.8. The van der Waals surface area contributed by atoms with E-state index in [4.69, 9.17) is 18.9 Å². The molecule has 0 bridgehead atoms. The van der Waals surface area contributed by atoms with Crippen LogP contribution in [0.25, 0.3) is 0 Å². The Labute approximate surface area is 499 Å². The standard InChI is InChI=1S/C72H125NO8/c1-6-8-10-12-14-16-18-20-22-24-26-27-28-29-30-31-32-33-34-35-36-37-38-39-40-41-42-43-45-46-48-50-52-54-56-58-60-62-69(74)79-66-68(67-80-72(71(76)77)78-65-64-73(3,4)5)81-70(75)63-61-59-57-55-53-51-49-47-44-25-23-21-19-17-15-13-11-9-7-2/h9,11,15,17-18,20-21,23-24,26,44,47,51,53,57,59,68,72H,6-8,10,12-14,16,19,22,25,27-43,45-46,48-50,52,54-56,58,60-67H2,1-5H3/p+1/b11-9-,17-15-,20-18-,23-21-,26-24-,47-44-,53-51-,59-57-. The zero-order chi connectivity index (χ0) is 59.1. The van der Waals surface area contributed by atoms with Gasteiger partial charge in [-0.25, -0.2) is 4.79 Å². The van der Waals surface area contributed by atoms with E-state index in [1.165, 1.54) is 186 Å². The predicted octanol–water partition coefficient (Wildman–Crippen LogP) is 20.5. The summed E-state index contributed by atoms with van der Waals surface area (Å²) in [4.78, 5) is 37.4. The van der Waals surface area contributed by atoms with Gasteiger partial charge < -0.3 is 28.5 Å². The second kappa shape index (κ2) is 62.3. The van der Waals surface area contributed by atoms with E-state index in [9.17, 15) is 19.5 Å². The lowest BCUT2D eigenvalue weighted by atomic mass is 10.0. The summed E-state index contributed by atoms with van der Waals surface area (Å²) in [5, 5.41) is 9.71. The summed E-state index contributed by atoms with van der Waals surface area (Å²) in [5.41, 5.74) is 0. The molecular weight excluding hydrogens is 1010 g/mol. The van der Waals surface area contributed by atoms with Crippen molar-refractivity contribution >= 4 is 17.9 Å². The van der Waals surface area contributed by atoms with Gasteiger partial charge in [-0.1, -0.05) is 284 Å². The highest BCUT2D eigenvalue weighted by atomic mass is 16.7. The fourth-order valence-electron chi connectivity index (χ4n) is 9.25. The molecule has 0 spiro atoms. The van der Waals surface area contributed by atoms with E-state index >= 15 is 0 Å². The number of nitrogens with zero attached hydrogens (tertiary/aromatic N) is 1. The highest BCUT2D eigenvalue weighted by Crippen LogP contribution is 2.17. The Bertz CT molecular complexity index is 1650. The number of carboxylic acid groups (broad SMARTS) is 1. The Balaban J connectivity index is 4.07. The first-order chi connectivity index (χ1) is 39.6. The second-order valence-corrected chi connectivity index (χ2v) is 23.4. The van der Waals surface area contributed by atoms with Gasteiger partial charge in [0.05, 0.1) is 34.4 Å². The van der Waals surface area contributed by atoms with Gasteiger partial charge in [0, 0.05) is 12.8 Å². The van der Waals surface area contributed by atoms with Crippen LogP contribution in [-0.2, 0) is 33.3 Å². The Morgan fingerprint density at radius 1 is 0.383 bits per heavy atom. The fraction of sp³-hybridized carbons (Fsp3) is 0.736. The number of likely N-dealkylation sites (N-methyl/N-ethyl adjacent to an activating group) is 1. The van der Waals surface area contributed by atoms with Crippen molar-refractivity contribution < 1.29 is 42.9 Å². The topological polar surface area (TPSA) is 108 Å². The number of hydrogen-bond acceptors (Lipinski definition) is 7. The molecule has 1 N–H and O–H groups in total. The lowest BCUT2D eigenvalue weighted by molar-refractivity contribution is -0.870. The monoisotopic (exact) mass is 1130 g/mol. The zero-order valence-electron chi connectivity index (χ0n) is 53.2. The smallest absolute Gasteiger partial charge is 0.361 e. The van der Waals surface area contributed by atoms with E-state index in [0.717, 1.165) is 64.2 Å². The fourth-order valence-corrected chi connectivity index (χ4v) is 9.25. The maximum Gasteiger partial charge on any atom is 0.361 e. The number of aliphatic carboxylic acids is 1. The molecule has 9 nitrogen and oxygen atoms in total. The number of unbranched alkanes of at least 4 members (excludes halogenated alkanes) is 30. The second-order valence-electron chi connectivity index (χ2n) is 23.4. The van der Waals surface area contributed by atoms with Crippen LogP contribution in [0.3, 0.4) is 0 Å². The third-order valence-electron chi connectivity index (χ3n) is 14.3. The van der Waals surface area contributed by atoms with Crippen LogP contribution in [0.5, 0.6) is 0 Å². The number of carboxylic acids is 1. The number of ether oxygens (including phenoxy) is 4. The van der Waals surface area contributed by atoms with Gasteiger partial charge in [0.1, 0.15) is 13.2 Å². The molecule has 0 rings (SSSR count). The molecule has 0 aliphatic carbocycles. The lowest BCUT2D eigenvalue weighted by Crippen LogP contribution is -2.40. The van der Waals surface area contributed by atoms with E-state index in [1.807, 2.05) is 33.3 Å². The molecule has 81 heavy (non-hydrogen) atoms. The summed E-state index contributed by atoms with van der Waals surface area (Å²) < 4.78 is 22.8. The molecule has 0 saturated carbocycles. The van der Waals surface area contributed by atoms with Crippen LogP contribution in [0, 0.1) is 0 Å². The van der Waals surface area contributed by atoms with Gasteiger partial charge in [0.15, 0.2) is 6.10 Å². The summed E-state index contributed by atoms with van der Waals surface area (Å²) in [6.07, 6.45) is 82.7. The van der Waals surface area contributed by atoms with Crippen molar-refractivity contribution in [3.8, 4) is 0 Å².